The lowest BCUT2D eigenvalue weighted by molar-refractivity contribution is 0.104. The fourth-order valence-corrected chi connectivity index (χ4v) is 5.34. The van der Waals surface area contributed by atoms with Crippen LogP contribution in [-0.2, 0) is 9.84 Å². The Hall–Kier alpha value is -4.23. The van der Waals surface area contributed by atoms with Crippen molar-refractivity contribution >= 4 is 27.0 Å². The molecule has 0 atom stereocenters. The minimum absolute atomic E-state index is 0.127. The van der Waals surface area contributed by atoms with Crippen molar-refractivity contribution in [3.63, 3.8) is 0 Å². The average Bonchev–Trinajstić information content (AvgIpc) is 2.85. The average molecular weight is 486 g/mol. The van der Waals surface area contributed by atoms with Gasteiger partial charge in [-0.1, -0.05) is 48.0 Å². The highest BCUT2D eigenvalue weighted by Crippen LogP contribution is 2.41. The molecule has 1 aliphatic heterocycles. The molecular weight excluding hydrogens is 465 g/mol. The van der Waals surface area contributed by atoms with Crippen molar-refractivity contribution in [1.82, 2.24) is 0 Å². The van der Waals surface area contributed by atoms with Crippen LogP contribution in [0.1, 0.15) is 15.9 Å². The second-order valence-corrected chi connectivity index (χ2v) is 9.97. The Labute approximate surface area is 202 Å². The van der Waals surface area contributed by atoms with Crippen molar-refractivity contribution < 1.29 is 22.3 Å². The first-order chi connectivity index (χ1) is 16.8. The van der Waals surface area contributed by atoms with E-state index in [2.05, 4.69) is 0 Å². The van der Waals surface area contributed by atoms with Crippen molar-refractivity contribution in [2.45, 2.75) is 11.8 Å². The molecule has 0 N–H and O–H groups in total. The van der Waals surface area contributed by atoms with Crippen LogP contribution in [0, 0.1) is 12.7 Å². The van der Waals surface area contributed by atoms with Gasteiger partial charge in [0.25, 0.3) is 0 Å². The van der Waals surface area contributed by atoms with Crippen LogP contribution in [0.2, 0.25) is 0 Å². The van der Waals surface area contributed by atoms with Gasteiger partial charge >= 0.3 is 0 Å². The van der Waals surface area contributed by atoms with Gasteiger partial charge in [-0.15, -0.1) is 0 Å². The molecule has 174 valence electrons. The van der Waals surface area contributed by atoms with Crippen molar-refractivity contribution in [2.75, 3.05) is 4.90 Å². The third-order valence-corrected chi connectivity index (χ3v) is 7.43. The highest BCUT2D eigenvalue weighted by molar-refractivity contribution is 7.96. The molecule has 0 amide bonds. The van der Waals surface area contributed by atoms with Gasteiger partial charge in [0.1, 0.15) is 22.2 Å². The summed E-state index contributed by atoms with van der Waals surface area (Å²) in [5.41, 5.74) is 1.87. The zero-order valence-electron chi connectivity index (χ0n) is 18.7. The summed E-state index contributed by atoms with van der Waals surface area (Å²) in [6.07, 6.45) is 1.26. The largest absolute Gasteiger partial charge is 0.457 e. The molecule has 5 rings (SSSR count). The molecule has 0 saturated carbocycles. The standard InChI is InChI=1S/C28H20FNO4S/c1-19-7-9-20(10-8-19)28(31)27-18-30(25-17-21(29)11-16-26(25)35(27,32)33)22-12-14-24(15-13-22)34-23-5-3-2-4-6-23/h2-18H,1H3. The normalized spacial score (nSPS) is 14.1. The Balaban J connectivity index is 1.58. The maximum Gasteiger partial charge on any atom is 0.214 e. The third kappa shape index (κ3) is 4.34. The molecule has 7 heteroatoms. The molecule has 0 aromatic heterocycles. The molecular formula is C28H20FNO4S. The van der Waals surface area contributed by atoms with E-state index in [9.17, 15) is 17.6 Å². The Bertz CT molecular complexity index is 1550. The lowest BCUT2D eigenvalue weighted by Gasteiger charge is -2.29. The van der Waals surface area contributed by atoms with Gasteiger partial charge in [0.05, 0.1) is 10.6 Å². The van der Waals surface area contributed by atoms with Gasteiger partial charge in [-0.3, -0.25) is 4.79 Å². The summed E-state index contributed by atoms with van der Waals surface area (Å²) in [5.74, 6) is 0.0234. The minimum atomic E-state index is -4.17. The zero-order chi connectivity index (χ0) is 24.6. The predicted octanol–water partition coefficient (Wildman–Crippen LogP) is 6.58. The first-order valence-corrected chi connectivity index (χ1v) is 12.3. The summed E-state index contributed by atoms with van der Waals surface area (Å²) in [4.78, 5) is 14.3. The highest BCUT2D eigenvalue weighted by Gasteiger charge is 2.36. The minimum Gasteiger partial charge on any atom is -0.457 e. The molecule has 5 nitrogen and oxygen atoms in total. The van der Waals surface area contributed by atoms with E-state index >= 15 is 0 Å². The topological polar surface area (TPSA) is 63.7 Å². The molecule has 1 heterocycles. The van der Waals surface area contributed by atoms with Gasteiger partial charge in [-0.2, -0.15) is 0 Å². The number of benzene rings is 4. The number of sulfone groups is 1. The summed E-state index contributed by atoms with van der Waals surface area (Å²) < 4.78 is 46.7. The maximum atomic E-state index is 14.2. The van der Waals surface area contributed by atoms with E-state index in [4.69, 9.17) is 4.74 Å². The number of anilines is 2. The zero-order valence-corrected chi connectivity index (χ0v) is 19.5. The van der Waals surface area contributed by atoms with Crippen LogP contribution in [0.5, 0.6) is 11.5 Å². The fourth-order valence-electron chi connectivity index (χ4n) is 3.82. The molecule has 0 bridgehead atoms. The third-order valence-electron chi connectivity index (χ3n) is 5.64. The first kappa shape index (κ1) is 22.6. The second kappa shape index (κ2) is 8.85. The molecule has 0 saturated heterocycles. The van der Waals surface area contributed by atoms with E-state index < -0.39 is 21.4 Å². The molecule has 4 aromatic carbocycles. The molecule has 0 aliphatic carbocycles. The number of halogens is 1. The molecule has 0 radical (unpaired) electrons. The maximum absolute atomic E-state index is 14.2. The van der Waals surface area contributed by atoms with Crippen LogP contribution < -0.4 is 9.64 Å². The van der Waals surface area contributed by atoms with E-state index in [0.29, 0.717) is 17.2 Å². The number of fused-ring (bicyclic) bond motifs is 1. The van der Waals surface area contributed by atoms with Crippen LogP contribution in [0.25, 0.3) is 0 Å². The Morgan fingerprint density at radius 2 is 1.49 bits per heavy atom. The predicted molar refractivity (Wildman–Crippen MR) is 132 cm³/mol. The Kier molecular flexibility index (Phi) is 5.70. The quantitative estimate of drug-likeness (QED) is 0.236. The summed E-state index contributed by atoms with van der Waals surface area (Å²) in [6, 6.07) is 26.2. The summed E-state index contributed by atoms with van der Waals surface area (Å²) >= 11 is 0. The summed E-state index contributed by atoms with van der Waals surface area (Å²) in [6.45, 7) is 1.88. The number of ether oxygens (including phenoxy) is 1. The number of hydrogen-bond acceptors (Lipinski definition) is 5. The highest BCUT2D eigenvalue weighted by atomic mass is 32.2. The molecule has 0 fully saturated rings. The SMILES string of the molecule is Cc1ccc(C(=O)C2=CN(c3ccc(Oc4ccccc4)cc3)c3cc(F)ccc3S2(=O)=O)cc1. The van der Waals surface area contributed by atoms with Crippen LogP contribution >= 0.6 is 0 Å². The van der Waals surface area contributed by atoms with E-state index in [-0.39, 0.29) is 21.1 Å². The van der Waals surface area contributed by atoms with Gasteiger partial charge in [-0.25, -0.2) is 12.8 Å². The number of rotatable bonds is 5. The van der Waals surface area contributed by atoms with Gasteiger partial charge < -0.3 is 9.64 Å². The van der Waals surface area contributed by atoms with E-state index in [1.165, 1.54) is 17.2 Å². The van der Waals surface area contributed by atoms with E-state index in [0.717, 1.165) is 17.7 Å². The molecule has 4 aromatic rings. The monoisotopic (exact) mass is 485 g/mol. The van der Waals surface area contributed by atoms with Crippen molar-refractivity contribution in [2.24, 2.45) is 0 Å². The number of hydrogen-bond donors (Lipinski definition) is 0. The summed E-state index contributed by atoms with van der Waals surface area (Å²) in [5, 5.41) is 0. The number of para-hydroxylation sites is 1. The smallest absolute Gasteiger partial charge is 0.214 e. The number of nitrogens with zero attached hydrogens (tertiary/aromatic N) is 1. The van der Waals surface area contributed by atoms with Crippen molar-refractivity contribution in [3.05, 3.63) is 125 Å². The molecule has 35 heavy (non-hydrogen) atoms. The number of Topliss-reactive ketones (excluding diaryl/α,β-unsaturated/α-hetero) is 1. The summed E-state index contributed by atoms with van der Waals surface area (Å²) in [7, 11) is -4.17. The van der Waals surface area contributed by atoms with Crippen LogP contribution in [0.4, 0.5) is 15.8 Å². The van der Waals surface area contributed by atoms with E-state index in [1.54, 1.807) is 48.5 Å². The Morgan fingerprint density at radius 3 is 2.17 bits per heavy atom. The van der Waals surface area contributed by atoms with Gasteiger partial charge in [0.2, 0.25) is 15.6 Å². The number of allylic oxidation sites excluding steroid dienone is 1. The van der Waals surface area contributed by atoms with Gasteiger partial charge in [-0.05, 0) is 61.5 Å². The second-order valence-electron chi connectivity index (χ2n) is 8.08. The van der Waals surface area contributed by atoms with E-state index in [1.807, 2.05) is 37.3 Å². The first-order valence-electron chi connectivity index (χ1n) is 10.8. The van der Waals surface area contributed by atoms with Crippen molar-refractivity contribution in [1.29, 1.82) is 0 Å². The number of aryl methyl sites for hydroxylation is 1. The number of ketones is 1. The van der Waals surface area contributed by atoms with Crippen molar-refractivity contribution in [3.8, 4) is 11.5 Å². The van der Waals surface area contributed by atoms with Gasteiger partial charge in [0.15, 0.2) is 0 Å². The molecule has 1 aliphatic rings. The lowest BCUT2D eigenvalue weighted by Crippen LogP contribution is -2.26. The van der Waals surface area contributed by atoms with Gasteiger partial charge in [0, 0.05) is 17.5 Å². The number of carbonyl (C=O) groups is 1. The fraction of sp³-hybridized carbons (Fsp3) is 0.0357. The number of carbonyl (C=O) groups excluding carboxylic acids is 1. The van der Waals surface area contributed by atoms with Crippen LogP contribution in [0.15, 0.2) is 113 Å². The Morgan fingerprint density at radius 1 is 0.829 bits per heavy atom. The molecule has 0 unspecified atom stereocenters. The lowest BCUT2D eigenvalue weighted by atomic mass is 10.1. The van der Waals surface area contributed by atoms with Crippen LogP contribution in [0.3, 0.4) is 0 Å². The van der Waals surface area contributed by atoms with Crippen LogP contribution in [-0.4, -0.2) is 14.2 Å². The molecule has 0 spiro atoms.